The van der Waals surface area contributed by atoms with Crippen molar-refractivity contribution in [2.75, 3.05) is 26.2 Å². The van der Waals surface area contributed by atoms with E-state index in [0.29, 0.717) is 11.8 Å². The summed E-state index contributed by atoms with van der Waals surface area (Å²) in [5.41, 5.74) is 4.42. The Bertz CT molecular complexity index is 767. The molecule has 2 aromatic rings. The molecule has 0 aromatic heterocycles. The zero-order valence-electron chi connectivity index (χ0n) is 17.1. The Morgan fingerprint density at radius 2 is 1.96 bits per heavy atom. The zero-order valence-corrected chi connectivity index (χ0v) is 17.1. The Labute approximate surface area is 164 Å². The third-order valence-corrected chi connectivity index (χ3v) is 6.97. The van der Waals surface area contributed by atoms with Gasteiger partial charge in [0, 0.05) is 13.1 Å². The summed E-state index contributed by atoms with van der Waals surface area (Å²) < 4.78 is 5.93. The SMILES string of the molecule is CC(CN1CCC(c2ccccc2)C1)C(C)(C)c1ccc2c(c1)OCCC2. The molecule has 2 aliphatic rings. The molecule has 2 heterocycles. The Morgan fingerprint density at radius 3 is 2.78 bits per heavy atom. The van der Waals surface area contributed by atoms with E-state index in [9.17, 15) is 0 Å². The molecule has 0 spiro atoms. The van der Waals surface area contributed by atoms with Crippen LogP contribution in [0, 0.1) is 5.92 Å². The van der Waals surface area contributed by atoms with Gasteiger partial charge in [-0.3, -0.25) is 0 Å². The van der Waals surface area contributed by atoms with Crippen molar-refractivity contribution in [3.63, 3.8) is 0 Å². The van der Waals surface area contributed by atoms with Crippen LogP contribution in [0.25, 0.3) is 0 Å². The van der Waals surface area contributed by atoms with Crippen molar-refractivity contribution >= 4 is 0 Å². The van der Waals surface area contributed by atoms with Crippen molar-refractivity contribution < 1.29 is 4.74 Å². The summed E-state index contributed by atoms with van der Waals surface area (Å²) in [6.07, 6.45) is 3.58. The monoisotopic (exact) mass is 363 g/mol. The van der Waals surface area contributed by atoms with Crippen molar-refractivity contribution in [1.82, 2.24) is 4.90 Å². The van der Waals surface area contributed by atoms with E-state index in [4.69, 9.17) is 4.74 Å². The number of hydrogen-bond acceptors (Lipinski definition) is 2. The highest BCUT2D eigenvalue weighted by Gasteiger charge is 2.32. The number of benzene rings is 2. The Balaban J connectivity index is 1.42. The summed E-state index contributed by atoms with van der Waals surface area (Å²) in [6.45, 7) is 11.6. The number of hydrogen-bond donors (Lipinski definition) is 0. The second-order valence-electron chi connectivity index (χ2n) is 9.05. The lowest BCUT2D eigenvalue weighted by Gasteiger charge is -2.36. The molecule has 0 radical (unpaired) electrons. The van der Waals surface area contributed by atoms with Crippen LogP contribution in [0.1, 0.15) is 56.2 Å². The first-order valence-corrected chi connectivity index (χ1v) is 10.6. The molecule has 2 unspecified atom stereocenters. The normalized spacial score (nSPS) is 21.5. The molecule has 0 amide bonds. The molecule has 1 saturated heterocycles. The van der Waals surface area contributed by atoms with Crippen LogP contribution >= 0.6 is 0 Å². The summed E-state index contributed by atoms with van der Waals surface area (Å²) in [4.78, 5) is 2.67. The summed E-state index contributed by atoms with van der Waals surface area (Å²) in [7, 11) is 0. The van der Waals surface area contributed by atoms with Gasteiger partial charge in [0.2, 0.25) is 0 Å². The topological polar surface area (TPSA) is 12.5 Å². The number of rotatable bonds is 5. The molecule has 2 atom stereocenters. The predicted molar refractivity (Wildman–Crippen MR) is 113 cm³/mol. The molecule has 0 aliphatic carbocycles. The maximum absolute atomic E-state index is 5.93. The average molecular weight is 364 g/mol. The first kappa shape index (κ1) is 18.6. The first-order valence-electron chi connectivity index (χ1n) is 10.6. The van der Waals surface area contributed by atoms with Gasteiger partial charge < -0.3 is 9.64 Å². The minimum atomic E-state index is 0.140. The predicted octanol–water partition coefficient (Wildman–Crippen LogP) is 5.41. The molecule has 2 nitrogen and oxygen atoms in total. The van der Waals surface area contributed by atoms with E-state index in [1.54, 1.807) is 0 Å². The third kappa shape index (κ3) is 3.91. The van der Waals surface area contributed by atoms with E-state index in [0.717, 1.165) is 31.7 Å². The van der Waals surface area contributed by atoms with E-state index >= 15 is 0 Å². The second kappa shape index (κ2) is 7.67. The average Bonchev–Trinajstić information content (AvgIpc) is 3.16. The molecular weight excluding hydrogens is 330 g/mol. The fraction of sp³-hybridized carbons (Fsp3) is 0.520. The number of likely N-dealkylation sites (tertiary alicyclic amines) is 1. The van der Waals surface area contributed by atoms with Crippen LogP contribution in [0.5, 0.6) is 5.75 Å². The minimum absolute atomic E-state index is 0.140. The number of fused-ring (bicyclic) bond motifs is 1. The Morgan fingerprint density at radius 1 is 1.15 bits per heavy atom. The standard InChI is InChI=1S/C25H33NO/c1-19(17-26-14-13-22(18-26)20-8-5-4-6-9-20)25(2,3)23-12-11-21-10-7-15-27-24(21)16-23/h4-6,8-9,11-12,16,19,22H,7,10,13-15,17-18H2,1-3H3. The molecule has 0 bridgehead atoms. The van der Waals surface area contributed by atoms with Crippen molar-refractivity contribution in [3.8, 4) is 5.75 Å². The van der Waals surface area contributed by atoms with E-state index < -0.39 is 0 Å². The summed E-state index contributed by atoms with van der Waals surface area (Å²) in [5, 5.41) is 0. The van der Waals surface area contributed by atoms with Crippen molar-refractivity contribution in [2.24, 2.45) is 5.92 Å². The highest BCUT2D eigenvalue weighted by Crippen LogP contribution is 2.37. The molecule has 27 heavy (non-hydrogen) atoms. The molecule has 2 aliphatic heterocycles. The number of nitrogens with zero attached hydrogens (tertiary/aromatic N) is 1. The smallest absolute Gasteiger partial charge is 0.122 e. The first-order chi connectivity index (χ1) is 13.0. The number of ether oxygens (including phenoxy) is 1. The summed E-state index contributed by atoms with van der Waals surface area (Å²) >= 11 is 0. The second-order valence-corrected chi connectivity index (χ2v) is 9.05. The van der Waals surface area contributed by atoms with Crippen LogP contribution in [0.3, 0.4) is 0 Å². The van der Waals surface area contributed by atoms with Gasteiger partial charge in [0.05, 0.1) is 6.61 Å². The van der Waals surface area contributed by atoms with Gasteiger partial charge in [0.1, 0.15) is 5.75 Å². The van der Waals surface area contributed by atoms with Gasteiger partial charge >= 0.3 is 0 Å². The van der Waals surface area contributed by atoms with Crippen LogP contribution in [0.4, 0.5) is 0 Å². The van der Waals surface area contributed by atoms with Gasteiger partial charge in [-0.25, -0.2) is 0 Å². The third-order valence-electron chi connectivity index (χ3n) is 6.97. The van der Waals surface area contributed by atoms with Gasteiger partial charge in [-0.05, 0) is 65.8 Å². The van der Waals surface area contributed by atoms with Crippen molar-refractivity contribution in [3.05, 3.63) is 65.2 Å². The molecule has 0 N–H and O–H groups in total. The van der Waals surface area contributed by atoms with E-state index in [1.165, 1.54) is 36.2 Å². The van der Waals surface area contributed by atoms with Gasteiger partial charge in [0.25, 0.3) is 0 Å². The lowest BCUT2D eigenvalue weighted by atomic mass is 9.73. The minimum Gasteiger partial charge on any atom is -0.493 e. The van der Waals surface area contributed by atoms with Crippen LogP contribution < -0.4 is 4.74 Å². The van der Waals surface area contributed by atoms with Crippen LogP contribution in [-0.4, -0.2) is 31.1 Å². The fourth-order valence-electron chi connectivity index (χ4n) is 4.64. The lowest BCUT2D eigenvalue weighted by molar-refractivity contribution is 0.221. The Hall–Kier alpha value is -1.80. The van der Waals surface area contributed by atoms with E-state index in [2.05, 4.69) is 74.2 Å². The highest BCUT2D eigenvalue weighted by molar-refractivity contribution is 5.41. The van der Waals surface area contributed by atoms with Crippen molar-refractivity contribution in [2.45, 2.75) is 51.4 Å². The largest absolute Gasteiger partial charge is 0.493 e. The molecule has 1 fully saturated rings. The molecule has 0 saturated carbocycles. The summed E-state index contributed by atoms with van der Waals surface area (Å²) in [6, 6.07) is 18.0. The lowest BCUT2D eigenvalue weighted by Crippen LogP contribution is -2.36. The van der Waals surface area contributed by atoms with Gasteiger partial charge in [-0.15, -0.1) is 0 Å². The van der Waals surface area contributed by atoms with Crippen molar-refractivity contribution in [1.29, 1.82) is 0 Å². The van der Waals surface area contributed by atoms with Crippen LogP contribution in [0.2, 0.25) is 0 Å². The van der Waals surface area contributed by atoms with Gasteiger partial charge in [-0.2, -0.15) is 0 Å². The van der Waals surface area contributed by atoms with Crippen LogP contribution in [-0.2, 0) is 11.8 Å². The molecule has 144 valence electrons. The highest BCUT2D eigenvalue weighted by atomic mass is 16.5. The van der Waals surface area contributed by atoms with E-state index in [-0.39, 0.29) is 5.41 Å². The molecular formula is C25H33NO. The summed E-state index contributed by atoms with van der Waals surface area (Å²) in [5.74, 6) is 2.40. The Kier molecular flexibility index (Phi) is 5.27. The van der Waals surface area contributed by atoms with Gasteiger partial charge in [0.15, 0.2) is 0 Å². The van der Waals surface area contributed by atoms with Crippen LogP contribution in [0.15, 0.2) is 48.5 Å². The maximum Gasteiger partial charge on any atom is 0.122 e. The molecule has 2 aromatic carbocycles. The molecule has 2 heteroatoms. The quantitative estimate of drug-likeness (QED) is 0.704. The fourth-order valence-corrected chi connectivity index (χ4v) is 4.64. The van der Waals surface area contributed by atoms with E-state index in [1.807, 2.05) is 0 Å². The zero-order chi connectivity index (χ0) is 18.9. The molecule has 4 rings (SSSR count). The van der Waals surface area contributed by atoms with Gasteiger partial charge in [-0.1, -0.05) is 63.2 Å². The number of aryl methyl sites for hydroxylation is 1. The maximum atomic E-state index is 5.93.